The van der Waals surface area contributed by atoms with Gasteiger partial charge in [0.15, 0.2) is 0 Å². The summed E-state index contributed by atoms with van der Waals surface area (Å²) in [6.07, 6.45) is 0. The van der Waals surface area contributed by atoms with Crippen molar-refractivity contribution in [1.29, 1.82) is 0 Å². The molecule has 20 heavy (non-hydrogen) atoms. The van der Waals surface area contributed by atoms with Gasteiger partial charge < -0.3 is 9.47 Å². The zero-order chi connectivity index (χ0) is 14.9. The van der Waals surface area contributed by atoms with Gasteiger partial charge in [0.2, 0.25) is 0 Å². The Labute approximate surface area is 119 Å². The topological polar surface area (TPSA) is 52.6 Å². The zero-order valence-electron chi connectivity index (χ0n) is 12.3. The van der Waals surface area contributed by atoms with Crippen LogP contribution < -0.4 is 0 Å². The van der Waals surface area contributed by atoms with E-state index in [0.29, 0.717) is 0 Å². The molecule has 4 heteroatoms. The molecule has 0 bridgehead atoms. The minimum atomic E-state index is -0.554. The molecule has 0 heterocycles. The predicted octanol–water partition coefficient (Wildman–Crippen LogP) is 2.53. The average molecular weight is 276 g/mol. The van der Waals surface area contributed by atoms with E-state index in [0.717, 1.165) is 5.56 Å². The van der Waals surface area contributed by atoms with Crippen molar-refractivity contribution in [2.24, 2.45) is 11.8 Å². The highest BCUT2D eigenvalue weighted by Crippen LogP contribution is 2.55. The van der Waals surface area contributed by atoms with Crippen LogP contribution in [0.2, 0.25) is 0 Å². The maximum absolute atomic E-state index is 12.2. The lowest BCUT2D eigenvalue weighted by molar-refractivity contribution is -0.159. The summed E-state index contributed by atoms with van der Waals surface area (Å²) in [7, 11) is 1.34. The second kappa shape index (κ2) is 5.27. The molecular formula is C16H20O4. The van der Waals surface area contributed by atoms with Crippen LogP contribution in [0.25, 0.3) is 0 Å². The summed E-state index contributed by atoms with van der Waals surface area (Å²) in [6, 6.07) is 9.54. The third-order valence-corrected chi connectivity index (χ3v) is 3.36. The number of methoxy groups -OCH3 is 1. The molecule has 0 aliphatic heterocycles. The smallest absolute Gasteiger partial charge is 0.311 e. The summed E-state index contributed by atoms with van der Waals surface area (Å²) in [5.41, 5.74) is 0.417. The second-order valence-corrected chi connectivity index (χ2v) is 6.04. The van der Waals surface area contributed by atoms with Gasteiger partial charge in [-0.3, -0.25) is 9.59 Å². The van der Waals surface area contributed by atoms with E-state index >= 15 is 0 Å². The number of hydrogen-bond donors (Lipinski definition) is 0. The molecule has 1 aromatic carbocycles. The van der Waals surface area contributed by atoms with E-state index in [4.69, 9.17) is 9.47 Å². The zero-order valence-corrected chi connectivity index (χ0v) is 12.3. The standard InChI is InChI=1S/C16H20O4/c1-16(2,3)20-15(18)13-11(12(13)14(17)19-4)10-8-6-5-7-9-10/h5-9,11-13H,1-4H3/t11-,12-,13-/m0/s1. The van der Waals surface area contributed by atoms with Crippen LogP contribution in [0.4, 0.5) is 0 Å². The molecule has 3 atom stereocenters. The molecule has 0 amide bonds. The molecule has 1 fully saturated rings. The molecule has 0 aromatic heterocycles. The Kier molecular flexibility index (Phi) is 3.84. The first-order valence-electron chi connectivity index (χ1n) is 6.71. The maximum atomic E-state index is 12.2. The molecule has 1 aromatic rings. The quantitative estimate of drug-likeness (QED) is 0.796. The highest BCUT2D eigenvalue weighted by molar-refractivity contribution is 5.90. The van der Waals surface area contributed by atoms with Crippen LogP contribution in [-0.4, -0.2) is 24.6 Å². The van der Waals surface area contributed by atoms with Gasteiger partial charge in [0.25, 0.3) is 0 Å². The van der Waals surface area contributed by atoms with Crippen LogP contribution in [0.1, 0.15) is 32.3 Å². The summed E-state index contributed by atoms with van der Waals surface area (Å²) < 4.78 is 10.2. The molecule has 1 aliphatic rings. The Morgan fingerprint density at radius 2 is 1.55 bits per heavy atom. The van der Waals surface area contributed by atoms with Crippen molar-refractivity contribution >= 4 is 11.9 Å². The molecule has 0 unspecified atom stereocenters. The molecule has 1 saturated carbocycles. The first kappa shape index (κ1) is 14.6. The molecule has 0 N–H and O–H groups in total. The number of benzene rings is 1. The molecule has 1 aliphatic carbocycles. The summed E-state index contributed by atoms with van der Waals surface area (Å²) in [6.45, 7) is 5.45. The first-order valence-corrected chi connectivity index (χ1v) is 6.71. The second-order valence-electron chi connectivity index (χ2n) is 6.04. The first-order chi connectivity index (χ1) is 9.35. The Balaban J connectivity index is 2.18. The van der Waals surface area contributed by atoms with Crippen molar-refractivity contribution in [3.05, 3.63) is 35.9 Å². The largest absolute Gasteiger partial charge is 0.469 e. The van der Waals surface area contributed by atoms with E-state index in [9.17, 15) is 9.59 Å². The fraction of sp³-hybridized carbons (Fsp3) is 0.500. The van der Waals surface area contributed by atoms with Crippen LogP contribution in [-0.2, 0) is 19.1 Å². The fourth-order valence-electron chi connectivity index (χ4n) is 2.49. The van der Waals surface area contributed by atoms with E-state index in [2.05, 4.69) is 0 Å². The van der Waals surface area contributed by atoms with Gasteiger partial charge in [-0.1, -0.05) is 30.3 Å². The number of carbonyl (C=O) groups excluding carboxylic acids is 2. The van der Waals surface area contributed by atoms with Gasteiger partial charge in [-0.05, 0) is 26.3 Å². The van der Waals surface area contributed by atoms with E-state index in [1.165, 1.54) is 7.11 Å². The van der Waals surface area contributed by atoms with Gasteiger partial charge in [0.05, 0.1) is 18.9 Å². The summed E-state index contributed by atoms with van der Waals surface area (Å²) in [5.74, 6) is -1.70. The lowest BCUT2D eigenvalue weighted by Crippen LogP contribution is -2.26. The number of hydrogen-bond acceptors (Lipinski definition) is 4. The van der Waals surface area contributed by atoms with Crippen molar-refractivity contribution in [3.8, 4) is 0 Å². The normalized spacial score (nSPS) is 24.9. The van der Waals surface area contributed by atoms with Crippen LogP contribution in [0, 0.1) is 11.8 Å². The van der Waals surface area contributed by atoms with Gasteiger partial charge in [0, 0.05) is 5.92 Å². The lowest BCUT2D eigenvalue weighted by atomic mass is 10.1. The Morgan fingerprint density at radius 1 is 1.00 bits per heavy atom. The van der Waals surface area contributed by atoms with Gasteiger partial charge >= 0.3 is 11.9 Å². The minimum absolute atomic E-state index is 0.140. The molecule has 0 spiro atoms. The van der Waals surface area contributed by atoms with Crippen molar-refractivity contribution in [3.63, 3.8) is 0 Å². The average Bonchev–Trinajstić information content (AvgIpc) is 3.12. The highest BCUT2D eigenvalue weighted by atomic mass is 16.6. The van der Waals surface area contributed by atoms with Crippen LogP contribution in [0.15, 0.2) is 30.3 Å². The number of carbonyl (C=O) groups is 2. The fourth-order valence-corrected chi connectivity index (χ4v) is 2.49. The minimum Gasteiger partial charge on any atom is -0.469 e. The van der Waals surface area contributed by atoms with Crippen molar-refractivity contribution in [2.45, 2.75) is 32.3 Å². The Hall–Kier alpha value is -1.84. The van der Waals surface area contributed by atoms with Gasteiger partial charge in [-0.2, -0.15) is 0 Å². The SMILES string of the molecule is COC(=O)[C@@H]1[C@@H](C(=O)OC(C)(C)C)[C@H]1c1ccccc1. The van der Waals surface area contributed by atoms with E-state index in [1.54, 1.807) is 0 Å². The highest BCUT2D eigenvalue weighted by Gasteiger charge is 2.61. The third-order valence-electron chi connectivity index (χ3n) is 3.36. The van der Waals surface area contributed by atoms with Crippen molar-refractivity contribution in [1.82, 2.24) is 0 Å². The van der Waals surface area contributed by atoms with Crippen LogP contribution in [0.3, 0.4) is 0 Å². The third kappa shape index (κ3) is 3.00. The molecule has 108 valence electrons. The molecule has 4 nitrogen and oxygen atoms in total. The van der Waals surface area contributed by atoms with Crippen LogP contribution in [0.5, 0.6) is 0 Å². The monoisotopic (exact) mass is 276 g/mol. The lowest BCUT2D eigenvalue weighted by Gasteiger charge is -2.19. The Morgan fingerprint density at radius 3 is 2.05 bits per heavy atom. The van der Waals surface area contributed by atoms with E-state index in [1.807, 2.05) is 51.1 Å². The summed E-state index contributed by atoms with van der Waals surface area (Å²) in [4.78, 5) is 24.0. The van der Waals surface area contributed by atoms with Gasteiger partial charge in [-0.15, -0.1) is 0 Å². The number of esters is 2. The number of rotatable bonds is 3. The van der Waals surface area contributed by atoms with Crippen molar-refractivity contribution < 1.29 is 19.1 Å². The molecule has 2 rings (SSSR count). The van der Waals surface area contributed by atoms with Crippen LogP contribution >= 0.6 is 0 Å². The molecule has 0 saturated heterocycles. The van der Waals surface area contributed by atoms with Crippen molar-refractivity contribution in [2.75, 3.05) is 7.11 Å². The van der Waals surface area contributed by atoms with Gasteiger partial charge in [0.1, 0.15) is 5.60 Å². The Bertz CT molecular complexity index is 501. The van der Waals surface area contributed by atoms with Gasteiger partial charge in [-0.25, -0.2) is 0 Å². The predicted molar refractivity (Wildman–Crippen MR) is 74.0 cm³/mol. The van der Waals surface area contributed by atoms with E-state index < -0.39 is 17.4 Å². The molecular weight excluding hydrogens is 256 g/mol. The maximum Gasteiger partial charge on any atom is 0.311 e. The van der Waals surface area contributed by atoms with E-state index in [-0.39, 0.29) is 17.9 Å². The summed E-state index contributed by atoms with van der Waals surface area (Å²) in [5, 5.41) is 0. The number of ether oxygens (including phenoxy) is 2. The molecule has 0 radical (unpaired) electrons. The summed E-state index contributed by atoms with van der Waals surface area (Å²) >= 11 is 0.